The van der Waals surface area contributed by atoms with Crippen LogP contribution >= 0.6 is 11.6 Å². The first-order valence-corrected chi connectivity index (χ1v) is 13.9. The Morgan fingerprint density at radius 1 is 0.850 bits per heavy atom. The van der Waals surface area contributed by atoms with Crippen LogP contribution in [0.3, 0.4) is 0 Å². The SMILES string of the molecule is O=c1cc(CNS(=O)(=O)c2ccc(F)cc2)[nH]c2nc(-c3ccccc3)c(-c3cc(Cl)c4ncccc4c3)nc12. The van der Waals surface area contributed by atoms with Gasteiger partial charge in [-0.25, -0.2) is 27.5 Å². The highest BCUT2D eigenvalue weighted by Gasteiger charge is 2.19. The number of aromatic nitrogens is 4. The predicted octanol–water partition coefficient (Wildman–Crippen LogP) is 5.47. The van der Waals surface area contributed by atoms with Crippen molar-refractivity contribution in [3.63, 3.8) is 0 Å². The van der Waals surface area contributed by atoms with Gasteiger partial charge in [-0.15, -0.1) is 0 Å². The van der Waals surface area contributed by atoms with Gasteiger partial charge in [-0.2, -0.15) is 0 Å². The third-order valence-electron chi connectivity index (χ3n) is 6.27. The lowest BCUT2D eigenvalue weighted by molar-refractivity contribution is 0.579. The lowest BCUT2D eigenvalue weighted by atomic mass is 10.0. The van der Waals surface area contributed by atoms with E-state index in [9.17, 15) is 17.6 Å². The van der Waals surface area contributed by atoms with Crippen LogP contribution in [0.2, 0.25) is 5.02 Å². The fourth-order valence-electron chi connectivity index (χ4n) is 4.36. The molecule has 0 radical (unpaired) electrons. The second-order valence-corrected chi connectivity index (χ2v) is 11.1. The van der Waals surface area contributed by atoms with Gasteiger partial charge in [0.1, 0.15) is 5.82 Å². The highest BCUT2D eigenvalue weighted by atomic mass is 35.5. The molecule has 0 saturated heterocycles. The summed E-state index contributed by atoms with van der Waals surface area (Å²) in [6.07, 6.45) is 1.66. The Labute approximate surface area is 232 Å². The van der Waals surface area contributed by atoms with Crippen molar-refractivity contribution < 1.29 is 12.8 Å². The van der Waals surface area contributed by atoms with Crippen molar-refractivity contribution in [2.45, 2.75) is 11.4 Å². The van der Waals surface area contributed by atoms with E-state index in [2.05, 4.69) is 14.7 Å². The molecule has 3 aromatic heterocycles. The summed E-state index contributed by atoms with van der Waals surface area (Å²) in [4.78, 5) is 29.9. The van der Waals surface area contributed by atoms with E-state index in [0.717, 1.165) is 35.2 Å². The largest absolute Gasteiger partial charge is 0.340 e. The molecule has 6 rings (SSSR count). The average Bonchev–Trinajstić information content (AvgIpc) is 2.96. The smallest absolute Gasteiger partial charge is 0.240 e. The number of halogens is 2. The number of nitrogens with one attached hydrogen (secondary N) is 2. The molecule has 3 aromatic carbocycles. The summed E-state index contributed by atoms with van der Waals surface area (Å²) in [5.74, 6) is -0.549. The van der Waals surface area contributed by atoms with Crippen LogP contribution in [0.15, 0.2) is 101 Å². The maximum Gasteiger partial charge on any atom is 0.240 e. The Hall–Kier alpha value is -4.51. The molecule has 11 heteroatoms. The molecule has 198 valence electrons. The van der Waals surface area contributed by atoms with E-state index in [1.54, 1.807) is 12.3 Å². The van der Waals surface area contributed by atoms with Gasteiger partial charge in [0.05, 0.1) is 33.4 Å². The molecule has 0 unspecified atom stereocenters. The number of pyridine rings is 2. The number of rotatable bonds is 6. The second-order valence-electron chi connectivity index (χ2n) is 8.95. The second kappa shape index (κ2) is 10.2. The molecule has 0 aliphatic heterocycles. The number of nitrogens with zero attached hydrogens (tertiary/aromatic N) is 3. The summed E-state index contributed by atoms with van der Waals surface area (Å²) in [5, 5.41) is 1.25. The van der Waals surface area contributed by atoms with Crippen LogP contribution in [0.4, 0.5) is 4.39 Å². The fourth-order valence-corrected chi connectivity index (χ4v) is 5.64. The zero-order valence-electron chi connectivity index (χ0n) is 20.6. The summed E-state index contributed by atoms with van der Waals surface area (Å²) >= 11 is 6.55. The topological polar surface area (TPSA) is 118 Å². The highest BCUT2D eigenvalue weighted by molar-refractivity contribution is 7.89. The van der Waals surface area contributed by atoms with Crippen molar-refractivity contribution in [1.29, 1.82) is 0 Å². The molecule has 6 aromatic rings. The summed E-state index contributed by atoms with van der Waals surface area (Å²) < 4.78 is 41.0. The van der Waals surface area contributed by atoms with Crippen molar-refractivity contribution >= 4 is 43.7 Å². The van der Waals surface area contributed by atoms with Crippen LogP contribution < -0.4 is 10.2 Å². The van der Waals surface area contributed by atoms with Gasteiger partial charge >= 0.3 is 0 Å². The summed E-state index contributed by atoms with van der Waals surface area (Å²) in [5.41, 5.74) is 3.16. The molecule has 0 fully saturated rings. The van der Waals surface area contributed by atoms with E-state index < -0.39 is 21.3 Å². The third kappa shape index (κ3) is 4.95. The quantitative estimate of drug-likeness (QED) is 0.274. The van der Waals surface area contributed by atoms with Gasteiger partial charge in [0.15, 0.2) is 11.2 Å². The molecular weight excluding hydrogens is 553 g/mol. The first-order valence-electron chi connectivity index (χ1n) is 12.1. The van der Waals surface area contributed by atoms with Crippen LogP contribution in [0.1, 0.15) is 5.69 Å². The summed E-state index contributed by atoms with van der Waals surface area (Å²) in [6, 6.07) is 22.4. The zero-order valence-corrected chi connectivity index (χ0v) is 22.2. The van der Waals surface area contributed by atoms with Gasteiger partial charge in [0.2, 0.25) is 15.5 Å². The number of sulfonamides is 1. The Morgan fingerprint density at radius 3 is 2.38 bits per heavy atom. The normalized spacial score (nSPS) is 11.8. The number of hydrogen-bond acceptors (Lipinski definition) is 6. The number of H-pyrrole nitrogens is 1. The monoisotopic (exact) mass is 571 g/mol. The van der Waals surface area contributed by atoms with Crippen molar-refractivity contribution in [2.24, 2.45) is 0 Å². The van der Waals surface area contributed by atoms with Gasteiger partial charge in [-0.05, 0) is 42.5 Å². The van der Waals surface area contributed by atoms with E-state index in [1.165, 1.54) is 6.07 Å². The Kier molecular flexibility index (Phi) is 6.59. The molecule has 8 nitrogen and oxygen atoms in total. The Morgan fingerprint density at radius 2 is 1.60 bits per heavy atom. The number of hydrogen-bond donors (Lipinski definition) is 2. The van der Waals surface area contributed by atoms with E-state index in [0.29, 0.717) is 27.5 Å². The molecule has 0 saturated carbocycles. The number of aromatic amines is 1. The number of fused-ring (bicyclic) bond motifs is 2. The van der Waals surface area contributed by atoms with Crippen LogP contribution in [0.25, 0.3) is 44.6 Å². The summed E-state index contributed by atoms with van der Waals surface area (Å²) in [6.45, 7) is -0.220. The first-order chi connectivity index (χ1) is 19.3. The maximum atomic E-state index is 13.2. The van der Waals surface area contributed by atoms with Crippen molar-refractivity contribution in [2.75, 3.05) is 0 Å². The van der Waals surface area contributed by atoms with Crippen molar-refractivity contribution in [3.05, 3.63) is 118 Å². The lowest BCUT2D eigenvalue weighted by Gasteiger charge is -2.13. The average molecular weight is 572 g/mol. The standard InChI is InChI=1S/C29H19ClFN5O3S/c30-23-14-19(13-18-7-4-12-32-25(18)23)27-26(17-5-2-1-3-6-17)36-29-28(35-27)24(37)15-21(34-29)16-33-40(38,39)22-10-8-20(31)9-11-22/h1-15,33H,16H2,(H,34,36,37). The highest BCUT2D eigenvalue weighted by Crippen LogP contribution is 2.34. The van der Waals surface area contributed by atoms with Crippen LogP contribution in [0.5, 0.6) is 0 Å². The van der Waals surface area contributed by atoms with E-state index in [4.69, 9.17) is 21.6 Å². The Balaban J connectivity index is 1.46. The molecule has 0 amide bonds. The van der Waals surface area contributed by atoms with Crippen LogP contribution in [-0.2, 0) is 16.6 Å². The maximum absolute atomic E-state index is 13.2. The van der Waals surface area contributed by atoms with Crippen molar-refractivity contribution in [3.8, 4) is 22.5 Å². The van der Waals surface area contributed by atoms with E-state index in [-0.39, 0.29) is 28.3 Å². The lowest BCUT2D eigenvalue weighted by Crippen LogP contribution is -2.24. The van der Waals surface area contributed by atoms with Crippen LogP contribution in [0, 0.1) is 5.82 Å². The predicted molar refractivity (Wildman–Crippen MR) is 152 cm³/mol. The summed E-state index contributed by atoms with van der Waals surface area (Å²) in [7, 11) is -3.95. The first kappa shape index (κ1) is 25.8. The molecule has 0 spiro atoms. The van der Waals surface area contributed by atoms with Gasteiger partial charge in [-0.1, -0.05) is 48.0 Å². The van der Waals surface area contributed by atoms with Crippen molar-refractivity contribution in [1.82, 2.24) is 24.7 Å². The number of benzene rings is 3. The van der Waals surface area contributed by atoms with Crippen LogP contribution in [-0.4, -0.2) is 28.4 Å². The van der Waals surface area contributed by atoms with E-state index >= 15 is 0 Å². The minimum atomic E-state index is -3.95. The minimum Gasteiger partial charge on any atom is -0.340 e. The molecule has 0 aliphatic rings. The molecular formula is C29H19ClFN5O3S. The van der Waals surface area contributed by atoms with E-state index in [1.807, 2.05) is 48.5 Å². The molecule has 2 N–H and O–H groups in total. The minimum absolute atomic E-state index is 0.0854. The Bertz CT molecular complexity index is 2070. The molecule has 0 atom stereocenters. The van der Waals surface area contributed by atoms with Gasteiger partial charge in [-0.3, -0.25) is 9.78 Å². The van der Waals surface area contributed by atoms with Gasteiger partial charge in [0, 0.05) is 34.5 Å². The van der Waals surface area contributed by atoms with Gasteiger partial charge < -0.3 is 4.98 Å². The third-order valence-corrected chi connectivity index (χ3v) is 7.97. The molecule has 0 aliphatic carbocycles. The molecule has 0 bridgehead atoms. The van der Waals surface area contributed by atoms with Gasteiger partial charge in [0.25, 0.3) is 0 Å². The zero-order chi connectivity index (χ0) is 27.9. The molecule has 40 heavy (non-hydrogen) atoms. The fraction of sp³-hybridized carbons (Fsp3) is 0.0345. The molecule has 3 heterocycles.